The van der Waals surface area contributed by atoms with E-state index < -0.39 is 0 Å². The maximum Gasteiger partial charge on any atom is 0.120 e. The Morgan fingerprint density at radius 1 is 1.50 bits per heavy atom. The summed E-state index contributed by atoms with van der Waals surface area (Å²) in [6.45, 7) is 1.25. The van der Waals surface area contributed by atoms with Crippen molar-refractivity contribution < 1.29 is 9.53 Å². The molecule has 0 saturated carbocycles. The van der Waals surface area contributed by atoms with Gasteiger partial charge in [-0.3, -0.25) is 0 Å². The molecule has 0 radical (unpaired) electrons. The Bertz CT molecular complexity index is 113. The standard InChI is InChI=1S/C8H12O2/c1-2-3-7-10-8-5-4-6-9/h1,6H,3-5,7-8H2. The normalized spacial score (nSPS) is 8.70. The van der Waals surface area contributed by atoms with Gasteiger partial charge >= 0.3 is 0 Å². The summed E-state index contributed by atoms with van der Waals surface area (Å²) in [6.07, 6.45) is 7.91. The van der Waals surface area contributed by atoms with Gasteiger partial charge in [0.05, 0.1) is 6.61 Å². The Hall–Kier alpha value is -0.810. The highest BCUT2D eigenvalue weighted by Gasteiger charge is 1.85. The minimum atomic E-state index is 0.579. The number of hydrogen-bond acceptors (Lipinski definition) is 2. The van der Waals surface area contributed by atoms with Crippen LogP contribution in [0.25, 0.3) is 0 Å². The molecule has 0 spiro atoms. The third-order valence-electron chi connectivity index (χ3n) is 1.00. The van der Waals surface area contributed by atoms with Crippen molar-refractivity contribution in [3.05, 3.63) is 0 Å². The van der Waals surface area contributed by atoms with E-state index in [-0.39, 0.29) is 0 Å². The third kappa shape index (κ3) is 7.19. The van der Waals surface area contributed by atoms with Gasteiger partial charge in [0, 0.05) is 19.4 Å². The molecule has 0 heterocycles. The molecule has 0 atom stereocenters. The largest absolute Gasteiger partial charge is 0.380 e. The van der Waals surface area contributed by atoms with Gasteiger partial charge in [-0.2, -0.15) is 0 Å². The molecule has 2 nitrogen and oxygen atoms in total. The van der Waals surface area contributed by atoms with Crippen molar-refractivity contribution in [3.8, 4) is 12.3 Å². The fraction of sp³-hybridized carbons (Fsp3) is 0.625. The van der Waals surface area contributed by atoms with Gasteiger partial charge in [0.1, 0.15) is 6.29 Å². The summed E-state index contributed by atoms with van der Waals surface area (Å²) in [5.74, 6) is 2.46. The van der Waals surface area contributed by atoms with Gasteiger partial charge in [0.15, 0.2) is 0 Å². The molecule has 0 fully saturated rings. The Morgan fingerprint density at radius 2 is 2.30 bits per heavy atom. The van der Waals surface area contributed by atoms with E-state index in [0.29, 0.717) is 26.1 Å². The number of unbranched alkanes of at least 4 members (excludes halogenated alkanes) is 1. The third-order valence-corrected chi connectivity index (χ3v) is 1.00. The summed E-state index contributed by atoms with van der Waals surface area (Å²) in [5, 5.41) is 0. The first-order valence-electron chi connectivity index (χ1n) is 3.36. The van der Waals surface area contributed by atoms with Crippen LogP contribution in [-0.2, 0) is 9.53 Å². The molecule has 0 aromatic rings. The molecule has 0 bridgehead atoms. The number of terminal acetylenes is 1. The number of hydrogen-bond donors (Lipinski definition) is 0. The molecule has 10 heavy (non-hydrogen) atoms. The molecule has 56 valence electrons. The van der Waals surface area contributed by atoms with Gasteiger partial charge in [0.2, 0.25) is 0 Å². The quantitative estimate of drug-likeness (QED) is 0.312. The van der Waals surface area contributed by atoms with Crippen LogP contribution in [0.4, 0.5) is 0 Å². The molecule has 0 rings (SSSR count). The van der Waals surface area contributed by atoms with Crippen molar-refractivity contribution in [1.29, 1.82) is 0 Å². The molecule has 0 aromatic carbocycles. The minimum Gasteiger partial charge on any atom is -0.380 e. The van der Waals surface area contributed by atoms with Crippen LogP contribution >= 0.6 is 0 Å². The molecule has 0 saturated heterocycles. The van der Waals surface area contributed by atoms with Crippen molar-refractivity contribution in [2.45, 2.75) is 19.3 Å². The second-order valence-electron chi connectivity index (χ2n) is 1.88. The number of rotatable bonds is 6. The van der Waals surface area contributed by atoms with E-state index in [2.05, 4.69) is 5.92 Å². The molecule has 0 N–H and O–H groups in total. The van der Waals surface area contributed by atoms with Crippen LogP contribution < -0.4 is 0 Å². The number of carbonyl (C=O) groups is 1. The van der Waals surface area contributed by atoms with Gasteiger partial charge in [-0.05, 0) is 6.42 Å². The predicted molar refractivity (Wildman–Crippen MR) is 39.6 cm³/mol. The van der Waals surface area contributed by atoms with Gasteiger partial charge < -0.3 is 9.53 Å². The lowest BCUT2D eigenvalue weighted by atomic mass is 10.3. The summed E-state index contributed by atoms with van der Waals surface area (Å²) >= 11 is 0. The van der Waals surface area contributed by atoms with Crippen LogP contribution in [0.5, 0.6) is 0 Å². The lowest BCUT2D eigenvalue weighted by molar-refractivity contribution is -0.108. The Morgan fingerprint density at radius 3 is 2.90 bits per heavy atom. The Balaban J connectivity index is 2.78. The van der Waals surface area contributed by atoms with Crippen LogP contribution in [0.1, 0.15) is 19.3 Å². The summed E-state index contributed by atoms with van der Waals surface area (Å²) in [5.41, 5.74) is 0. The first-order valence-corrected chi connectivity index (χ1v) is 3.36. The fourth-order valence-electron chi connectivity index (χ4n) is 0.502. The van der Waals surface area contributed by atoms with Crippen LogP contribution in [-0.4, -0.2) is 19.5 Å². The van der Waals surface area contributed by atoms with Crippen LogP contribution in [0, 0.1) is 12.3 Å². The Kier molecular flexibility index (Phi) is 7.53. The van der Waals surface area contributed by atoms with Gasteiger partial charge in [0.25, 0.3) is 0 Å². The van der Waals surface area contributed by atoms with Gasteiger partial charge in [-0.25, -0.2) is 0 Å². The molecule has 0 unspecified atom stereocenters. The lowest BCUT2D eigenvalue weighted by Gasteiger charge is -1.97. The smallest absolute Gasteiger partial charge is 0.120 e. The monoisotopic (exact) mass is 140 g/mol. The number of carbonyl (C=O) groups excluding carboxylic acids is 1. The first-order chi connectivity index (χ1) is 4.91. The van der Waals surface area contributed by atoms with E-state index in [4.69, 9.17) is 11.2 Å². The van der Waals surface area contributed by atoms with E-state index >= 15 is 0 Å². The van der Waals surface area contributed by atoms with Crippen LogP contribution in [0.2, 0.25) is 0 Å². The highest BCUT2D eigenvalue weighted by molar-refractivity contribution is 5.48. The zero-order valence-electron chi connectivity index (χ0n) is 6.01. The van der Waals surface area contributed by atoms with E-state index in [1.807, 2.05) is 0 Å². The molecule has 0 aliphatic heterocycles. The molecule has 0 aliphatic rings. The van der Waals surface area contributed by atoms with Crippen molar-refractivity contribution in [3.63, 3.8) is 0 Å². The molecular weight excluding hydrogens is 128 g/mol. The summed E-state index contributed by atoms with van der Waals surface area (Å²) in [7, 11) is 0. The van der Waals surface area contributed by atoms with Crippen molar-refractivity contribution in [1.82, 2.24) is 0 Å². The fourth-order valence-corrected chi connectivity index (χ4v) is 0.502. The number of ether oxygens (including phenoxy) is 1. The van der Waals surface area contributed by atoms with Crippen LogP contribution in [0.15, 0.2) is 0 Å². The first kappa shape index (κ1) is 9.19. The predicted octanol–water partition coefficient (Wildman–Crippen LogP) is 1.01. The molecule has 0 amide bonds. The lowest BCUT2D eigenvalue weighted by Crippen LogP contribution is -1.95. The summed E-state index contributed by atoms with van der Waals surface area (Å²) < 4.78 is 5.07. The molecule has 0 aliphatic carbocycles. The minimum absolute atomic E-state index is 0.579. The SMILES string of the molecule is C#CCCOCCCC=O. The summed E-state index contributed by atoms with van der Waals surface area (Å²) in [4.78, 5) is 9.81. The van der Waals surface area contributed by atoms with Crippen molar-refractivity contribution in [2.24, 2.45) is 0 Å². The molecular formula is C8H12O2. The highest BCUT2D eigenvalue weighted by atomic mass is 16.5. The van der Waals surface area contributed by atoms with E-state index in [9.17, 15) is 4.79 Å². The second-order valence-corrected chi connectivity index (χ2v) is 1.88. The zero-order valence-corrected chi connectivity index (χ0v) is 6.01. The van der Waals surface area contributed by atoms with E-state index in [1.165, 1.54) is 0 Å². The van der Waals surface area contributed by atoms with Gasteiger partial charge in [-0.15, -0.1) is 12.3 Å². The highest BCUT2D eigenvalue weighted by Crippen LogP contribution is 1.87. The van der Waals surface area contributed by atoms with Crippen molar-refractivity contribution in [2.75, 3.05) is 13.2 Å². The van der Waals surface area contributed by atoms with Gasteiger partial charge in [-0.1, -0.05) is 0 Å². The molecule has 0 aromatic heterocycles. The Labute approximate surface area is 61.6 Å². The van der Waals surface area contributed by atoms with Crippen molar-refractivity contribution >= 4 is 6.29 Å². The average molecular weight is 140 g/mol. The topological polar surface area (TPSA) is 26.3 Å². The number of aldehydes is 1. The second kappa shape index (κ2) is 8.19. The maximum absolute atomic E-state index is 9.81. The van der Waals surface area contributed by atoms with E-state index in [1.54, 1.807) is 0 Å². The van der Waals surface area contributed by atoms with E-state index in [0.717, 1.165) is 12.7 Å². The zero-order chi connectivity index (χ0) is 7.66. The average Bonchev–Trinajstić information content (AvgIpc) is 1.97. The van der Waals surface area contributed by atoms with Crippen LogP contribution in [0.3, 0.4) is 0 Å². The summed E-state index contributed by atoms with van der Waals surface area (Å²) in [6, 6.07) is 0. The maximum atomic E-state index is 9.81. The molecule has 2 heteroatoms.